The number of carbonyl (C=O) groups is 1. The molecule has 0 spiro atoms. The number of thioether (sulfide) groups is 1. The van der Waals surface area contributed by atoms with Crippen LogP contribution in [0.2, 0.25) is 0 Å². The number of aliphatic carboxylic acids is 1. The highest BCUT2D eigenvalue weighted by atomic mass is 32.2. The van der Waals surface area contributed by atoms with Crippen LogP contribution in [0.3, 0.4) is 0 Å². The van der Waals surface area contributed by atoms with Crippen LogP contribution in [0.15, 0.2) is 4.34 Å². The number of rotatable bonds is 6. The zero-order valence-electron chi connectivity index (χ0n) is 11.2. The molecule has 1 aromatic heterocycles. The highest BCUT2D eigenvalue weighted by Gasteiger charge is 2.45. The van der Waals surface area contributed by atoms with Crippen LogP contribution in [0.1, 0.15) is 38.9 Å². The molecule has 1 fully saturated rings. The van der Waals surface area contributed by atoms with E-state index in [0.717, 1.165) is 23.0 Å². The van der Waals surface area contributed by atoms with Gasteiger partial charge in [0.15, 0.2) is 4.34 Å². The Morgan fingerprint density at radius 3 is 3.00 bits per heavy atom. The van der Waals surface area contributed by atoms with E-state index >= 15 is 0 Å². The molecule has 1 aromatic rings. The summed E-state index contributed by atoms with van der Waals surface area (Å²) in [5.74, 6) is 0.144. The SMILES string of the molecule is CCNC1(C(=O)O)CCC(Sc2nc(CC)ns2)C1. The van der Waals surface area contributed by atoms with Crippen molar-refractivity contribution >= 4 is 29.3 Å². The van der Waals surface area contributed by atoms with E-state index in [0.29, 0.717) is 24.6 Å². The molecule has 1 heterocycles. The number of aromatic nitrogens is 2. The van der Waals surface area contributed by atoms with Crippen LogP contribution >= 0.6 is 23.3 Å². The van der Waals surface area contributed by atoms with Gasteiger partial charge in [-0.15, -0.1) is 0 Å². The van der Waals surface area contributed by atoms with Crippen molar-refractivity contribution < 1.29 is 9.90 Å². The summed E-state index contributed by atoms with van der Waals surface area (Å²) in [6.45, 7) is 4.67. The molecule has 2 atom stereocenters. The Labute approximate surface area is 121 Å². The van der Waals surface area contributed by atoms with Gasteiger partial charge in [0.05, 0.1) is 0 Å². The van der Waals surface area contributed by atoms with E-state index in [1.54, 1.807) is 11.8 Å². The molecular weight excluding hydrogens is 282 g/mol. The number of hydrogen-bond donors (Lipinski definition) is 2. The predicted octanol–water partition coefficient (Wildman–Crippen LogP) is 2.18. The summed E-state index contributed by atoms with van der Waals surface area (Å²) in [6, 6.07) is 0. The fourth-order valence-electron chi connectivity index (χ4n) is 2.44. The number of nitrogens with one attached hydrogen (secondary N) is 1. The van der Waals surface area contributed by atoms with Crippen LogP contribution < -0.4 is 5.32 Å². The first-order valence-electron chi connectivity index (χ1n) is 6.57. The van der Waals surface area contributed by atoms with Crippen LogP contribution in [0, 0.1) is 0 Å². The largest absolute Gasteiger partial charge is 0.480 e. The van der Waals surface area contributed by atoms with Gasteiger partial charge in [0.25, 0.3) is 0 Å². The number of carboxylic acid groups (broad SMARTS) is 1. The van der Waals surface area contributed by atoms with Gasteiger partial charge in [0.2, 0.25) is 0 Å². The number of carboxylic acids is 1. The van der Waals surface area contributed by atoms with E-state index in [9.17, 15) is 9.90 Å². The van der Waals surface area contributed by atoms with Crippen LogP contribution in [-0.4, -0.2) is 37.8 Å². The number of likely N-dealkylation sites (N-methyl/N-ethyl adjacent to an activating group) is 1. The Morgan fingerprint density at radius 1 is 1.63 bits per heavy atom. The van der Waals surface area contributed by atoms with Crippen molar-refractivity contribution in [1.82, 2.24) is 14.7 Å². The standard InChI is InChI=1S/C12H19N3O2S2/c1-3-9-14-11(19-15-9)18-8-5-6-12(7-8,10(16)17)13-4-2/h8,13H,3-7H2,1-2H3,(H,16,17). The average molecular weight is 301 g/mol. The zero-order valence-corrected chi connectivity index (χ0v) is 12.8. The first-order valence-corrected chi connectivity index (χ1v) is 8.22. The summed E-state index contributed by atoms with van der Waals surface area (Å²) in [7, 11) is 0. The fraction of sp³-hybridized carbons (Fsp3) is 0.750. The predicted molar refractivity (Wildman–Crippen MR) is 76.8 cm³/mol. The first-order chi connectivity index (χ1) is 9.09. The van der Waals surface area contributed by atoms with Crippen molar-refractivity contribution in [2.75, 3.05) is 6.54 Å². The third-order valence-electron chi connectivity index (χ3n) is 3.43. The van der Waals surface area contributed by atoms with Gasteiger partial charge in [-0.3, -0.25) is 4.79 Å². The smallest absolute Gasteiger partial charge is 0.323 e. The van der Waals surface area contributed by atoms with Crippen molar-refractivity contribution in [3.8, 4) is 0 Å². The monoisotopic (exact) mass is 301 g/mol. The lowest BCUT2D eigenvalue weighted by Crippen LogP contribution is -2.50. The van der Waals surface area contributed by atoms with Crippen molar-refractivity contribution in [2.24, 2.45) is 0 Å². The molecule has 2 rings (SSSR count). The average Bonchev–Trinajstić information content (AvgIpc) is 2.98. The lowest BCUT2D eigenvalue weighted by atomic mass is 9.98. The van der Waals surface area contributed by atoms with Crippen LogP contribution in [0.5, 0.6) is 0 Å². The second-order valence-corrected chi connectivity index (χ2v) is 7.03. The third kappa shape index (κ3) is 3.27. The van der Waals surface area contributed by atoms with Crippen LogP contribution in [0.25, 0.3) is 0 Å². The summed E-state index contributed by atoms with van der Waals surface area (Å²) in [5.41, 5.74) is -0.745. The molecule has 1 saturated carbocycles. The Morgan fingerprint density at radius 2 is 2.42 bits per heavy atom. The lowest BCUT2D eigenvalue weighted by molar-refractivity contribution is -0.144. The molecule has 19 heavy (non-hydrogen) atoms. The van der Waals surface area contributed by atoms with Crippen molar-refractivity contribution in [2.45, 2.75) is 54.7 Å². The molecule has 7 heteroatoms. The Hall–Kier alpha value is -0.660. The topological polar surface area (TPSA) is 75.1 Å². The van der Waals surface area contributed by atoms with E-state index < -0.39 is 11.5 Å². The zero-order chi connectivity index (χ0) is 13.9. The number of hydrogen-bond acceptors (Lipinski definition) is 6. The minimum absolute atomic E-state index is 0.313. The van der Waals surface area contributed by atoms with Gasteiger partial charge in [0, 0.05) is 11.7 Å². The van der Waals surface area contributed by atoms with Crippen molar-refractivity contribution in [1.29, 1.82) is 0 Å². The van der Waals surface area contributed by atoms with E-state index in [4.69, 9.17) is 0 Å². The second kappa shape index (κ2) is 6.19. The maximum Gasteiger partial charge on any atom is 0.323 e. The number of aryl methyl sites for hydroxylation is 1. The molecule has 5 nitrogen and oxygen atoms in total. The summed E-state index contributed by atoms with van der Waals surface area (Å²) in [4.78, 5) is 15.9. The maximum absolute atomic E-state index is 11.5. The molecule has 0 amide bonds. The molecule has 0 aromatic carbocycles. The lowest BCUT2D eigenvalue weighted by Gasteiger charge is -2.25. The molecule has 0 saturated heterocycles. The minimum Gasteiger partial charge on any atom is -0.480 e. The quantitative estimate of drug-likeness (QED) is 0.839. The molecule has 2 unspecified atom stereocenters. The van der Waals surface area contributed by atoms with E-state index in [1.165, 1.54) is 11.5 Å². The first kappa shape index (κ1) is 14.7. The van der Waals surface area contributed by atoms with Crippen LogP contribution in [0.4, 0.5) is 0 Å². The Balaban J connectivity index is 1.99. The molecule has 2 N–H and O–H groups in total. The molecule has 1 aliphatic rings. The fourth-order valence-corrected chi connectivity index (χ4v) is 4.68. The highest BCUT2D eigenvalue weighted by Crippen LogP contribution is 2.40. The molecule has 106 valence electrons. The highest BCUT2D eigenvalue weighted by molar-refractivity contribution is 8.01. The van der Waals surface area contributed by atoms with Crippen molar-refractivity contribution in [3.63, 3.8) is 0 Å². The van der Waals surface area contributed by atoms with E-state index in [1.807, 2.05) is 13.8 Å². The Bertz CT molecular complexity index is 452. The summed E-state index contributed by atoms with van der Waals surface area (Å²) >= 11 is 3.09. The summed E-state index contributed by atoms with van der Waals surface area (Å²) < 4.78 is 5.22. The van der Waals surface area contributed by atoms with E-state index in [2.05, 4.69) is 14.7 Å². The minimum atomic E-state index is -0.745. The summed E-state index contributed by atoms with van der Waals surface area (Å²) in [5, 5.41) is 12.9. The Kier molecular flexibility index (Phi) is 4.81. The van der Waals surface area contributed by atoms with Crippen LogP contribution in [-0.2, 0) is 11.2 Å². The summed E-state index contributed by atoms with van der Waals surface area (Å²) in [6.07, 6.45) is 3.10. The van der Waals surface area contributed by atoms with Gasteiger partial charge in [-0.2, -0.15) is 4.37 Å². The molecular formula is C12H19N3O2S2. The molecule has 0 aliphatic heterocycles. The van der Waals surface area contributed by atoms with Gasteiger partial charge < -0.3 is 10.4 Å². The normalized spacial score (nSPS) is 26.7. The van der Waals surface area contributed by atoms with Gasteiger partial charge in [-0.05, 0) is 37.3 Å². The molecule has 1 aliphatic carbocycles. The molecule has 0 radical (unpaired) electrons. The maximum atomic E-state index is 11.5. The van der Waals surface area contributed by atoms with Gasteiger partial charge >= 0.3 is 5.97 Å². The third-order valence-corrected chi connectivity index (χ3v) is 5.52. The molecule has 0 bridgehead atoms. The van der Waals surface area contributed by atoms with Gasteiger partial charge in [0.1, 0.15) is 11.4 Å². The second-order valence-electron chi connectivity index (χ2n) is 4.73. The van der Waals surface area contributed by atoms with Gasteiger partial charge in [-0.1, -0.05) is 25.6 Å². The van der Waals surface area contributed by atoms with Crippen molar-refractivity contribution in [3.05, 3.63) is 5.82 Å². The van der Waals surface area contributed by atoms with E-state index in [-0.39, 0.29) is 0 Å². The van der Waals surface area contributed by atoms with Gasteiger partial charge in [-0.25, -0.2) is 4.98 Å². The number of nitrogens with zero attached hydrogens (tertiary/aromatic N) is 2.